The van der Waals surface area contributed by atoms with Crippen molar-refractivity contribution in [3.63, 3.8) is 0 Å². The summed E-state index contributed by atoms with van der Waals surface area (Å²) in [5, 5.41) is 0. The van der Waals surface area contributed by atoms with Crippen molar-refractivity contribution in [2.45, 2.75) is 33.8 Å². The zero-order valence-electron chi connectivity index (χ0n) is 13.8. The Morgan fingerprint density at radius 3 is 2.36 bits per heavy atom. The molecule has 0 aromatic heterocycles. The number of hydrogen-bond acceptors (Lipinski definition) is 4. The van der Waals surface area contributed by atoms with Crippen molar-refractivity contribution in [1.82, 2.24) is 4.90 Å². The lowest BCUT2D eigenvalue weighted by Gasteiger charge is -2.22. The van der Waals surface area contributed by atoms with Gasteiger partial charge in [0.2, 0.25) is 0 Å². The van der Waals surface area contributed by atoms with E-state index in [-0.39, 0.29) is 19.2 Å². The first-order chi connectivity index (χ1) is 10.4. The molecule has 0 aliphatic rings. The molecule has 0 radical (unpaired) electrons. The molecule has 0 bridgehead atoms. The summed E-state index contributed by atoms with van der Waals surface area (Å²) in [6, 6.07) is 9.47. The molecule has 0 unspecified atom stereocenters. The van der Waals surface area contributed by atoms with E-state index in [9.17, 15) is 9.59 Å². The highest BCUT2D eigenvalue weighted by atomic mass is 16.6. The van der Waals surface area contributed by atoms with Gasteiger partial charge in [-0.3, -0.25) is 4.79 Å². The van der Waals surface area contributed by atoms with E-state index in [1.54, 1.807) is 7.05 Å². The second-order valence-corrected chi connectivity index (χ2v) is 5.84. The Balaban J connectivity index is 2.28. The van der Waals surface area contributed by atoms with Gasteiger partial charge < -0.3 is 14.4 Å². The van der Waals surface area contributed by atoms with E-state index < -0.39 is 11.5 Å². The fraction of sp³-hybridized carbons (Fsp3) is 0.529. The number of carbonyl (C=O) groups is 2. The summed E-state index contributed by atoms with van der Waals surface area (Å²) < 4.78 is 10.4. The van der Waals surface area contributed by atoms with Crippen LogP contribution in [0.5, 0.6) is 0 Å². The lowest BCUT2D eigenvalue weighted by atomic mass is 9.91. The summed E-state index contributed by atoms with van der Waals surface area (Å²) in [4.78, 5) is 25.0. The third-order valence-electron chi connectivity index (χ3n) is 3.61. The molecule has 0 atom stereocenters. The molecule has 0 aliphatic heterocycles. The summed E-state index contributed by atoms with van der Waals surface area (Å²) >= 11 is 0. The number of benzene rings is 1. The number of esters is 1. The minimum Gasteiger partial charge on any atom is -0.463 e. The quantitative estimate of drug-likeness (QED) is 0.726. The molecule has 5 nitrogen and oxygen atoms in total. The van der Waals surface area contributed by atoms with E-state index in [0.717, 1.165) is 5.56 Å². The van der Waals surface area contributed by atoms with Gasteiger partial charge in [-0.2, -0.15) is 0 Å². The Kier molecular flexibility index (Phi) is 6.89. The van der Waals surface area contributed by atoms with Crippen LogP contribution in [0.15, 0.2) is 30.3 Å². The Bertz CT molecular complexity index is 485. The average Bonchev–Trinajstić information content (AvgIpc) is 2.53. The number of nitrogens with zero attached hydrogens (tertiary/aromatic N) is 1. The molecule has 1 amide bonds. The first-order valence-corrected chi connectivity index (χ1v) is 7.46. The molecule has 5 heteroatoms. The van der Waals surface area contributed by atoms with Gasteiger partial charge in [-0.05, 0) is 25.8 Å². The molecule has 0 aliphatic carbocycles. The van der Waals surface area contributed by atoms with E-state index in [1.807, 2.05) is 51.1 Å². The maximum atomic E-state index is 11.8. The van der Waals surface area contributed by atoms with Gasteiger partial charge in [-0.15, -0.1) is 0 Å². The first kappa shape index (κ1) is 18.0. The molecular formula is C17H25NO4. The van der Waals surface area contributed by atoms with Crippen molar-refractivity contribution < 1.29 is 19.1 Å². The molecule has 0 saturated heterocycles. The Hall–Kier alpha value is -2.04. The highest BCUT2D eigenvalue weighted by Crippen LogP contribution is 2.21. The molecule has 1 aromatic carbocycles. The molecule has 1 rings (SSSR count). The molecule has 0 spiro atoms. The zero-order chi connectivity index (χ0) is 16.6. The maximum absolute atomic E-state index is 11.8. The van der Waals surface area contributed by atoms with Gasteiger partial charge in [0.25, 0.3) is 0 Å². The van der Waals surface area contributed by atoms with Gasteiger partial charge in [0.1, 0.15) is 13.2 Å². The van der Waals surface area contributed by atoms with Crippen LogP contribution in [-0.2, 0) is 20.9 Å². The van der Waals surface area contributed by atoms with E-state index in [4.69, 9.17) is 9.47 Å². The lowest BCUT2D eigenvalue weighted by molar-refractivity contribution is -0.154. The SMILES string of the molecule is CCC(C)(C)C(=O)OCCN(C)C(=O)OCc1ccccc1. The number of ether oxygens (including phenoxy) is 2. The Labute approximate surface area is 132 Å². The van der Waals surface area contributed by atoms with E-state index >= 15 is 0 Å². The molecule has 0 saturated carbocycles. The van der Waals surface area contributed by atoms with Gasteiger partial charge in [0.05, 0.1) is 12.0 Å². The second-order valence-electron chi connectivity index (χ2n) is 5.84. The normalized spacial score (nSPS) is 10.9. The van der Waals surface area contributed by atoms with Gasteiger partial charge >= 0.3 is 12.1 Å². The Morgan fingerprint density at radius 2 is 1.77 bits per heavy atom. The van der Waals surface area contributed by atoms with Gasteiger partial charge in [-0.25, -0.2) is 4.79 Å². The number of hydrogen-bond donors (Lipinski definition) is 0. The summed E-state index contributed by atoms with van der Waals surface area (Å²) in [6.45, 7) is 6.32. The molecule has 0 heterocycles. The predicted molar refractivity (Wildman–Crippen MR) is 84.3 cm³/mol. The topological polar surface area (TPSA) is 55.8 Å². The summed E-state index contributed by atoms with van der Waals surface area (Å²) in [5.41, 5.74) is 0.437. The van der Waals surface area contributed by atoms with Gasteiger partial charge in [0.15, 0.2) is 0 Å². The van der Waals surface area contributed by atoms with Crippen molar-refractivity contribution in [2.75, 3.05) is 20.2 Å². The number of carbonyl (C=O) groups excluding carboxylic acids is 2. The van der Waals surface area contributed by atoms with Crippen molar-refractivity contribution in [3.8, 4) is 0 Å². The van der Waals surface area contributed by atoms with Gasteiger partial charge in [0, 0.05) is 7.05 Å². The van der Waals surface area contributed by atoms with Crippen LogP contribution in [0.1, 0.15) is 32.8 Å². The average molecular weight is 307 g/mol. The van der Waals surface area contributed by atoms with E-state index in [1.165, 1.54) is 4.90 Å². The zero-order valence-corrected chi connectivity index (χ0v) is 13.8. The minimum atomic E-state index is -0.494. The van der Waals surface area contributed by atoms with Crippen molar-refractivity contribution in [2.24, 2.45) is 5.41 Å². The van der Waals surface area contributed by atoms with Crippen LogP contribution >= 0.6 is 0 Å². The third kappa shape index (κ3) is 5.76. The predicted octanol–water partition coefficient (Wildman–Crippen LogP) is 3.23. The molecular weight excluding hydrogens is 282 g/mol. The standard InChI is InChI=1S/C17H25NO4/c1-5-17(2,3)15(19)21-12-11-18(4)16(20)22-13-14-9-7-6-8-10-14/h6-10H,5,11-13H2,1-4H3. The number of amides is 1. The monoisotopic (exact) mass is 307 g/mol. The van der Waals surface area contributed by atoms with Crippen LogP contribution in [0, 0.1) is 5.41 Å². The number of rotatable bonds is 7. The van der Waals surface area contributed by atoms with Crippen LogP contribution in [0.3, 0.4) is 0 Å². The lowest BCUT2D eigenvalue weighted by Crippen LogP contribution is -2.33. The molecule has 122 valence electrons. The fourth-order valence-corrected chi connectivity index (χ4v) is 1.54. The number of likely N-dealkylation sites (N-methyl/N-ethyl adjacent to an activating group) is 1. The van der Waals surface area contributed by atoms with Crippen LogP contribution in [0.2, 0.25) is 0 Å². The van der Waals surface area contributed by atoms with Gasteiger partial charge in [-0.1, -0.05) is 37.3 Å². The molecule has 22 heavy (non-hydrogen) atoms. The highest BCUT2D eigenvalue weighted by Gasteiger charge is 2.27. The van der Waals surface area contributed by atoms with Crippen LogP contribution < -0.4 is 0 Å². The van der Waals surface area contributed by atoms with E-state index in [2.05, 4.69) is 0 Å². The second kappa shape index (κ2) is 8.41. The van der Waals surface area contributed by atoms with E-state index in [0.29, 0.717) is 13.0 Å². The Morgan fingerprint density at radius 1 is 1.14 bits per heavy atom. The summed E-state index contributed by atoms with van der Waals surface area (Å²) in [7, 11) is 1.62. The third-order valence-corrected chi connectivity index (χ3v) is 3.61. The van der Waals surface area contributed by atoms with Crippen molar-refractivity contribution in [3.05, 3.63) is 35.9 Å². The maximum Gasteiger partial charge on any atom is 0.409 e. The molecule has 0 N–H and O–H groups in total. The van der Waals surface area contributed by atoms with Crippen LogP contribution in [0.25, 0.3) is 0 Å². The summed E-state index contributed by atoms with van der Waals surface area (Å²) in [6.07, 6.45) is 0.274. The van der Waals surface area contributed by atoms with Crippen molar-refractivity contribution >= 4 is 12.1 Å². The smallest absolute Gasteiger partial charge is 0.409 e. The van der Waals surface area contributed by atoms with Crippen LogP contribution in [0.4, 0.5) is 4.79 Å². The minimum absolute atomic E-state index is 0.166. The first-order valence-electron chi connectivity index (χ1n) is 7.46. The largest absolute Gasteiger partial charge is 0.463 e. The highest BCUT2D eigenvalue weighted by molar-refractivity contribution is 5.75. The van der Waals surface area contributed by atoms with Crippen LogP contribution in [-0.4, -0.2) is 37.2 Å². The van der Waals surface area contributed by atoms with Crippen molar-refractivity contribution in [1.29, 1.82) is 0 Å². The summed E-state index contributed by atoms with van der Waals surface area (Å²) in [5.74, 6) is -0.249. The fourth-order valence-electron chi connectivity index (χ4n) is 1.54. The molecule has 0 fully saturated rings. The molecule has 1 aromatic rings.